The van der Waals surface area contributed by atoms with Crippen LogP contribution in [0.15, 0.2) is 4.42 Å². The molecule has 0 unspecified atom stereocenters. The maximum Gasteiger partial charge on any atom is 0.303 e. The Bertz CT molecular complexity index is 373. The van der Waals surface area contributed by atoms with Crippen LogP contribution in [0.1, 0.15) is 39.0 Å². The quantitative estimate of drug-likeness (QED) is 0.782. The van der Waals surface area contributed by atoms with Crippen molar-refractivity contribution in [2.45, 2.75) is 40.2 Å². The second kappa shape index (κ2) is 5.77. The molecule has 0 aliphatic heterocycles. The van der Waals surface area contributed by atoms with E-state index in [9.17, 15) is 4.79 Å². The minimum absolute atomic E-state index is 0.0656. The topological polar surface area (TPSA) is 85.5 Å². The van der Waals surface area contributed by atoms with Gasteiger partial charge >= 0.3 is 5.97 Å². The van der Waals surface area contributed by atoms with Gasteiger partial charge in [-0.3, -0.25) is 4.79 Å². The van der Waals surface area contributed by atoms with Crippen LogP contribution in [0, 0.1) is 5.41 Å². The first-order valence-electron chi connectivity index (χ1n) is 5.54. The molecule has 1 N–H and O–H groups in total. The SMILES string of the molecule is CCOCc1nnc(CC(C)(C)CC(=O)O)o1. The van der Waals surface area contributed by atoms with Gasteiger partial charge in [0, 0.05) is 13.0 Å². The van der Waals surface area contributed by atoms with E-state index in [0.717, 1.165) is 0 Å². The number of aromatic nitrogens is 2. The number of carbonyl (C=O) groups is 1. The Hall–Kier alpha value is -1.43. The smallest absolute Gasteiger partial charge is 0.303 e. The van der Waals surface area contributed by atoms with E-state index in [1.807, 2.05) is 20.8 Å². The zero-order valence-electron chi connectivity index (χ0n) is 10.4. The van der Waals surface area contributed by atoms with Crippen molar-refractivity contribution in [1.82, 2.24) is 10.2 Å². The number of carboxylic acids is 1. The average molecular weight is 242 g/mol. The third-order valence-corrected chi connectivity index (χ3v) is 2.20. The third kappa shape index (κ3) is 4.95. The number of ether oxygens (including phenoxy) is 1. The van der Waals surface area contributed by atoms with Crippen LogP contribution in [-0.4, -0.2) is 27.9 Å². The van der Waals surface area contributed by atoms with Crippen LogP contribution in [0.5, 0.6) is 0 Å². The molecule has 1 rings (SSSR count). The summed E-state index contributed by atoms with van der Waals surface area (Å²) in [5.41, 5.74) is -0.402. The van der Waals surface area contributed by atoms with E-state index in [2.05, 4.69) is 10.2 Å². The van der Waals surface area contributed by atoms with E-state index in [1.54, 1.807) is 0 Å². The van der Waals surface area contributed by atoms with Gasteiger partial charge in [0.25, 0.3) is 0 Å². The van der Waals surface area contributed by atoms with Crippen LogP contribution < -0.4 is 0 Å². The fourth-order valence-electron chi connectivity index (χ4n) is 1.49. The monoisotopic (exact) mass is 242 g/mol. The Morgan fingerprint density at radius 2 is 2.06 bits per heavy atom. The highest BCUT2D eigenvalue weighted by atomic mass is 16.5. The molecule has 6 nitrogen and oxygen atoms in total. The Morgan fingerprint density at radius 1 is 1.41 bits per heavy atom. The number of hydrogen-bond donors (Lipinski definition) is 1. The van der Waals surface area contributed by atoms with Gasteiger partial charge in [-0.15, -0.1) is 10.2 Å². The van der Waals surface area contributed by atoms with E-state index in [0.29, 0.717) is 31.4 Å². The maximum atomic E-state index is 10.7. The molecule has 1 aromatic heterocycles. The average Bonchev–Trinajstić information content (AvgIpc) is 2.59. The first kappa shape index (κ1) is 13.6. The summed E-state index contributed by atoms with van der Waals surface area (Å²) in [5, 5.41) is 16.5. The van der Waals surface area contributed by atoms with Gasteiger partial charge in [-0.1, -0.05) is 13.8 Å². The molecule has 17 heavy (non-hydrogen) atoms. The highest BCUT2D eigenvalue weighted by Gasteiger charge is 2.25. The molecule has 0 amide bonds. The fraction of sp³-hybridized carbons (Fsp3) is 0.727. The summed E-state index contributed by atoms with van der Waals surface area (Å²) in [4.78, 5) is 10.7. The molecular formula is C11H18N2O4. The van der Waals surface area contributed by atoms with E-state index >= 15 is 0 Å². The number of carboxylic acid groups (broad SMARTS) is 1. The van der Waals surface area contributed by atoms with Crippen molar-refractivity contribution in [2.24, 2.45) is 5.41 Å². The summed E-state index contributed by atoms with van der Waals surface area (Å²) in [6.07, 6.45) is 0.509. The predicted molar refractivity (Wildman–Crippen MR) is 59.4 cm³/mol. The van der Waals surface area contributed by atoms with Crippen molar-refractivity contribution in [1.29, 1.82) is 0 Å². The number of rotatable bonds is 7. The van der Waals surface area contributed by atoms with Crippen LogP contribution in [-0.2, 0) is 22.6 Å². The van der Waals surface area contributed by atoms with E-state index in [4.69, 9.17) is 14.3 Å². The first-order valence-corrected chi connectivity index (χ1v) is 5.54. The van der Waals surface area contributed by atoms with Crippen LogP contribution >= 0.6 is 0 Å². The Kier molecular flexibility index (Phi) is 4.62. The van der Waals surface area contributed by atoms with Gasteiger partial charge in [0.05, 0.1) is 6.42 Å². The number of hydrogen-bond acceptors (Lipinski definition) is 5. The summed E-state index contributed by atoms with van der Waals surface area (Å²) in [6.45, 7) is 6.47. The predicted octanol–water partition coefficient (Wildman–Crippen LogP) is 1.65. The number of aliphatic carboxylic acids is 1. The minimum atomic E-state index is -0.830. The molecular weight excluding hydrogens is 224 g/mol. The zero-order valence-corrected chi connectivity index (χ0v) is 10.4. The second-order valence-corrected chi connectivity index (χ2v) is 4.64. The van der Waals surface area contributed by atoms with Gasteiger partial charge in [0.15, 0.2) is 0 Å². The molecule has 0 radical (unpaired) electrons. The summed E-state index contributed by atoms with van der Waals surface area (Å²) in [7, 11) is 0. The maximum absolute atomic E-state index is 10.7. The molecule has 0 saturated heterocycles. The number of nitrogens with zero attached hydrogens (tertiary/aromatic N) is 2. The Labute approximate surface area is 100.0 Å². The van der Waals surface area contributed by atoms with Gasteiger partial charge < -0.3 is 14.3 Å². The highest BCUT2D eigenvalue weighted by molar-refractivity contribution is 5.67. The molecule has 0 atom stereocenters. The standard InChI is InChI=1S/C11H18N2O4/c1-4-16-7-9-13-12-8(17-9)5-11(2,3)6-10(14)15/h4-7H2,1-3H3,(H,14,15). The summed E-state index contributed by atoms with van der Waals surface area (Å²) >= 11 is 0. The molecule has 0 aliphatic carbocycles. The molecule has 1 aromatic rings. The first-order chi connectivity index (χ1) is 7.93. The molecule has 6 heteroatoms. The van der Waals surface area contributed by atoms with Crippen LogP contribution in [0.3, 0.4) is 0 Å². The van der Waals surface area contributed by atoms with Crippen molar-refractivity contribution in [3.8, 4) is 0 Å². The lowest BCUT2D eigenvalue weighted by Crippen LogP contribution is -2.19. The van der Waals surface area contributed by atoms with E-state index in [1.165, 1.54) is 0 Å². The molecule has 0 aromatic carbocycles. The lowest BCUT2D eigenvalue weighted by atomic mass is 9.86. The third-order valence-electron chi connectivity index (χ3n) is 2.20. The molecule has 0 bridgehead atoms. The van der Waals surface area contributed by atoms with Crippen molar-refractivity contribution in [3.05, 3.63) is 11.8 Å². The lowest BCUT2D eigenvalue weighted by molar-refractivity contribution is -0.139. The van der Waals surface area contributed by atoms with E-state index in [-0.39, 0.29) is 6.42 Å². The van der Waals surface area contributed by atoms with Crippen LogP contribution in [0.25, 0.3) is 0 Å². The minimum Gasteiger partial charge on any atom is -0.481 e. The summed E-state index contributed by atoms with van der Waals surface area (Å²) in [5.74, 6) is 0.0444. The van der Waals surface area contributed by atoms with Crippen LogP contribution in [0.4, 0.5) is 0 Å². The molecule has 1 heterocycles. The molecule has 0 spiro atoms. The Balaban J connectivity index is 2.56. The lowest BCUT2D eigenvalue weighted by Gasteiger charge is -2.19. The second-order valence-electron chi connectivity index (χ2n) is 4.64. The van der Waals surface area contributed by atoms with Crippen molar-refractivity contribution in [2.75, 3.05) is 6.61 Å². The normalized spacial score (nSPS) is 11.7. The molecule has 0 saturated carbocycles. The van der Waals surface area contributed by atoms with Gasteiger partial charge in [-0.2, -0.15) is 0 Å². The molecule has 96 valence electrons. The zero-order chi connectivity index (χ0) is 12.9. The van der Waals surface area contributed by atoms with Gasteiger partial charge in [0.2, 0.25) is 11.8 Å². The van der Waals surface area contributed by atoms with Crippen molar-refractivity contribution >= 4 is 5.97 Å². The summed E-state index contributed by atoms with van der Waals surface area (Å²) < 4.78 is 10.5. The summed E-state index contributed by atoms with van der Waals surface area (Å²) in [6, 6.07) is 0. The Morgan fingerprint density at radius 3 is 2.65 bits per heavy atom. The van der Waals surface area contributed by atoms with Crippen LogP contribution in [0.2, 0.25) is 0 Å². The molecule has 0 aliphatic rings. The van der Waals surface area contributed by atoms with Crippen molar-refractivity contribution < 1.29 is 19.1 Å². The van der Waals surface area contributed by atoms with Gasteiger partial charge in [-0.05, 0) is 12.3 Å². The largest absolute Gasteiger partial charge is 0.481 e. The van der Waals surface area contributed by atoms with Gasteiger partial charge in [-0.25, -0.2) is 0 Å². The van der Waals surface area contributed by atoms with Crippen molar-refractivity contribution in [3.63, 3.8) is 0 Å². The van der Waals surface area contributed by atoms with E-state index < -0.39 is 11.4 Å². The fourth-order valence-corrected chi connectivity index (χ4v) is 1.49. The molecule has 0 fully saturated rings. The highest BCUT2D eigenvalue weighted by Crippen LogP contribution is 2.25. The van der Waals surface area contributed by atoms with Gasteiger partial charge in [0.1, 0.15) is 6.61 Å².